The second-order valence-corrected chi connectivity index (χ2v) is 9.04. The average Bonchev–Trinajstić information content (AvgIpc) is 2.89. The number of amidine groups is 1. The normalized spacial score (nSPS) is 17.5. The second-order valence-electron chi connectivity index (χ2n) is 5.62. The highest BCUT2D eigenvalue weighted by Crippen LogP contribution is 2.36. The Hall–Kier alpha value is -1.07. The largest absolute Gasteiger partial charge is 0.506 e. The Morgan fingerprint density at radius 2 is 1.96 bits per heavy atom. The molecule has 0 unspecified atom stereocenters. The number of thioether (sulfide) groups is 1. The van der Waals surface area contributed by atoms with E-state index in [1.54, 1.807) is 11.0 Å². The van der Waals surface area contributed by atoms with Crippen molar-refractivity contribution in [1.29, 1.82) is 0 Å². The van der Waals surface area contributed by atoms with Crippen LogP contribution in [0.5, 0.6) is 5.75 Å². The minimum absolute atomic E-state index is 0.0696. The molecule has 26 heavy (non-hydrogen) atoms. The Balaban J connectivity index is 2.00. The molecule has 0 aromatic heterocycles. The summed E-state index contributed by atoms with van der Waals surface area (Å²) >= 11 is 5.65. The zero-order valence-corrected chi connectivity index (χ0v) is 19.1. The fourth-order valence-corrected chi connectivity index (χ4v) is 5.37. The number of benzene rings is 2. The summed E-state index contributed by atoms with van der Waals surface area (Å²) in [6.45, 7) is 2.65. The number of amides is 1. The van der Waals surface area contributed by atoms with Crippen LogP contribution in [0.2, 0.25) is 0 Å². The van der Waals surface area contributed by atoms with Gasteiger partial charge in [-0.05, 0) is 93.7 Å². The first-order valence-corrected chi connectivity index (χ1v) is 11.0. The summed E-state index contributed by atoms with van der Waals surface area (Å²) in [5.74, 6) is 0.127. The fraction of sp³-hybridized carbons (Fsp3) is 0.158. The van der Waals surface area contributed by atoms with E-state index in [4.69, 9.17) is 0 Å². The first-order valence-electron chi connectivity index (χ1n) is 8.02. The highest BCUT2D eigenvalue weighted by atomic mass is 127. The number of nitrogens with zero attached hydrogens (tertiary/aromatic N) is 2. The lowest BCUT2D eigenvalue weighted by Gasteiger charge is -2.13. The van der Waals surface area contributed by atoms with Crippen molar-refractivity contribution in [2.75, 3.05) is 6.54 Å². The monoisotopic (exact) mass is 590 g/mol. The van der Waals surface area contributed by atoms with Gasteiger partial charge in [0.15, 0.2) is 5.17 Å². The van der Waals surface area contributed by atoms with Crippen LogP contribution in [0.15, 0.2) is 52.4 Å². The topological polar surface area (TPSA) is 52.9 Å². The molecule has 1 N–H and O–H groups in total. The number of halogens is 2. The molecule has 0 spiro atoms. The number of hydrogen-bond acceptors (Lipinski definition) is 4. The Bertz CT molecular complexity index is 898. The van der Waals surface area contributed by atoms with Gasteiger partial charge in [0.05, 0.1) is 14.2 Å². The van der Waals surface area contributed by atoms with Gasteiger partial charge in [-0.3, -0.25) is 9.69 Å². The van der Waals surface area contributed by atoms with Crippen LogP contribution < -0.4 is 0 Å². The predicted molar refractivity (Wildman–Crippen MR) is 125 cm³/mol. The van der Waals surface area contributed by atoms with Crippen molar-refractivity contribution in [2.45, 2.75) is 13.3 Å². The molecule has 0 atom stereocenters. The van der Waals surface area contributed by atoms with E-state index < -0.39 is 0 Å². The van der Waals surface area contributed by atoms with Gasteiger partial charge in [-0.25, -0.2) is 4.99 Å². The van der Waals surface area contributed by atoms with E-state index in [1.165, 1.54) is 11.8 Å². The first kappa shape index (κ1) is 19.7. The molecule has 4 nitrogen and oxygen atoms in total. The molecule has 7 heteroatoms. The van der Waals surface area contributed by atoms with E-state index in [-0.39, 0.29) is 11.7 Å². The summed E-state index contributed by atoms with van der Waals surface area (Å²) in [4.78, 5) is 19.8. The van der Waals surface area contributed by atoms with Crippen molar-refractivity contribution < 1.29 is 9.90 Å². The molecule has 0 bridgehead atoms. The molecule has 1 heterocycles. The summed E-state index contributed by atoms with van der Waals surface area (Å²) in [6, 6.07) is 13.4. The number of para-hydroxylation sites is 1. The molecule has 1 amide bonds. The third-order valence-corrected chi connectivity index (χ3v) is 6.11. The van der Waals surface area contributed by atoms with E-state index in [1.807, 2.05) is 49.4 Å². The summed E-state index contributed by atoms with van der Waals surface area (Å²) < 4.78 is 1.77. The number of carbonyl (C=O) groups excluding carboxylic acids is 1. The Morgan fingerprint density at radius 3 is 2.65 bits per heavy atom. The molecule has 2 aromatic rings. The zero-order chi connectivity index (χ0) is 18.7. The highest BCUT2D eigenvalue weighted by Gasteiger charge is 2.33. The molecule has 0 radical (unpaired) electrons. The smallest absolute Gasteiger partial charge is 0.266 e. The highest BCUT2D eigenvalue weighted by molar-refractivity contribution is 14.1. The molecule has 1 saturated heterocycles. The molecule has 1 aliphatic heterocycles. The Labute approximate surface area is 184 Å². The van der Waals surface area contributed by atoms with Crippen molar-refractivity contribution in [3.8, 4) is 5.75 Å². The van der Waals surface area contributed by atoms with E-state index in [9.17, 15) is 9.90 Å². The molecular weight excluding hydrogens is 574 g/mol. The molecule has 0 saturated carbocycles. The van der Waals surface area contributed by atoms with Gasteiger partial charge in [-0.15, -0.1) is 0 Å². The van der Waals surface area contributed by atoms with Gasteiger partial charge < -0.3 is 5.11 Å². The standard InChI is InChI=1S/C19H16I2N2O2S/c1-2-8-23-18(25)16(10-12-9-13(20)11-15(21)17(12)24)26-19(23)22-14-6-4-3-5-7-14/h3-7,9-11,24H,2,8H2,1H3/b16-10+,22-19?. The van der Waals surface area contributed by atoms with Gasteiger partial charge in [-0.2, -0.15) is 0 Å². The van der Waals surface area contributed by atoms with Crippen LogP contribution >= 0.6 is 56.9 Å². The van der Waals surface area contributed by atoms with Gasteiger partial charge in [0.25, 0.3) is 5.91 Å². The van der Waals surface area contributed by atoms with Crippen LogP contribution in [0.4, 0.5) is 5.69 Å². The van der Waals surface area contributed by atoms with Crippen molar-refractivity contribution in [1.82, 2.24) is 4.90 Å². The number of hydrogen-bond donors (Lipinski definition) is 1. The maximum Gasteiger partial charge on any atom is 0.266 e. The van der Waals surface area contributed by atoms with Crippen molar-refractivity contribution in [3.63, 3.8) is 0 Å². The number of rotatable bonds is 4. The van der Waals surface area contributed by atoms with Crippen LogP contribution in [0.25, 0.3) is 6.08 Å². The summed E-state index contributed by atoms with van der Waals surface area (Å²) in [5, 5.41) is 11.0. The predicted octanol–water partition coefficient (Wildman–Crippen LogP) is 5.62. The maximum absolute atomic E-state index is 12.9. The summed E-state index contributed by atoms with van der Waals surface area (Å²) in [5.41, 5.74) is 1.46. The van der Waals surface area contributed by atoms with Crippen LogP contribution in [-0.4, -0.2) is 27.6 Å². The van der Waals surface area contributed by atoms with Crippen LogP contribution in [0, 0.1) is 7.14 Å². The van der Waals surface area contributed by atoms with Gasteiger partial charge in [0.2, 0.25) is 0 Å². The molecule has 1 fully saturated rings. The van der Waals surface area contributed by atoms with Gasteiger partial charge in [-0.1, -0.05) is 25.1 Å². The number of carbonyl (C=O) groups is 1. The summed E-state index contributed by atoms with van der Waals surface area (Å²) in [6.07, 6.45) is 2.60. The van der Waals surface area contributed by atoms with Gasteiger partial charge >= 0.3 is 0 Å². The Kier molecular flexibility index (Phi) is 6.62. The van der Waals surface area contributed by atoms with Crippen molar-refractivity contribution in [2.24, 2.45) is 4.99 Å². The molecular formula is C19H16I2N2O2S. The minimum Gasteiger partial charge on any atom is -0.506 e. The van der Waals surface area contributed by atoms with Crippen LogP contribution in [-0.2, 0) is 4.79 Å². The lowest BCUT2D eigenvalue weighted by atomic mass is 10.2. The second kappa shape index (κ2) is 8.75. The average molecular weight is 590 g/mol. The van der Waals surface area contributed by atoms with Gasteiger partial charge in [0.1, 0.15) is 5.75 Å². The van der Waals surface area contributed by atoms with E-state index >= 15 is 0 Å². The third kappa shape index (κ3) is 4.42. The van der Waals surface area contributed by atoms with E-state index in [0.29, 0.717) is 22.2 Å². The molecule has 2 aromatic carbocycles. The lowest BCUT2D eigenvalue weighted by molar-refractivity contribution is -0.122. The van der Waals surface area contributed by atoms with Crippen LogP contribution in [0.3, 0.4) is 0 Å². The first-order chi connectivity index (χ1) is 12.5. The Morgan fingerprint density at radius 1 is 1.23 bits per heavy atom. The summed E-state index contributed by atoms with van der Waals surface area (Å²) in [7, 11) is 0. The van der Waals surface area contributed by atoms with Crippen LogP contribution in [0.1, 0.15) is 18.9 Å². The van der Waals surface area contributed by atoms with E-state index in [0.717, 1.165) is 19.2 Å². The number of aliphatic imine (C=N–C) groups is 1. The van der Waals surface area contributed by atoms with Crippen molar-refractivity contribution >= 4 is 79.8 Å². The van der Waals surface area contributed by atoms with Crippen molar-refractivity contribution in [3.05, 3.63) is 60.1 Å². The minimum atomic E-state index is -0.0696. The molecule has 0 aliphatic carbocycles. The lowest BCUT2D eigenvalue weighted by Crippen LogP contribution is -2.29. The fourth-order valence-electron chi connectivity index (χ4n) is 2.46. The molecule has 1 aliphatic rings. The third-order valence-electron chi connectivity index (χ3n) is 3.66. The van der Waals surface area contributed by atoms with E-state index in [2.05, 4.69) is 50.2 Å². The number of phenolic OH excluding ortho intramolecular Hbond substituents is 1. The SMILES string of the molecule is CCCN1C(=O)/C(=C\c2cc(I)cc(I)c2O)SC1=Nc1ccccc1. The molecule has 3 rings (SSSR count). The number of aromatic hydroxyl groups is 1. The zero-order valence-electron chi connectivity index (χ0n) is 13.9. The quantitative estimate of drug-likeness (QED) is 0.372. The maximum atomic E-state index is 12.9. The molecule has 134 valence electrons. The van der Waals surface area contributed by atoms with Gasteiger partial charge in [0, 0.05) is 15.7 Å². The number of phenols is 1.